The van der Waals surface area contributed by atoms with E-state index in [1.807, 2.05) is 23.2 Å². The number of carbonyl (C=O) groups excluding carboxylic acids is 1. The summed E-state index contributed by atoms with van der Waals surface area (Å²) in [6.45, 7) is 6.63. The molecule has 1 spiro atoms. The van der Waals surface area contributed by atoms with E-state index in [4.69, 9.17) is 9.47 Å². The molecule has 3 aliphatic heterocycles. The topological polar surface area (TPSA) is 54.9 Å². The number of likely N-dealkylation sites (tertiary alicyclic amines) is 1. The third kappa shape index (κ3) is 4.86. The standard InChI is InChI=1S/C21H31N3O3/c25-20(24-10-13-26-14-11-24)15-18-4-12-27-21(16-18)5-8-23(9-6-21)17-19-3-1-2-7-22-19/h1-3,7,18H,4-6,8-17H2. The number of hydrogen-bond acceptors (Lipinski definition) is 5. The molecule has 1 atom stereocenters. The third-order valence-electron chi connectivity index (χ3n) is 6.30. The second-order valence-corrected chi connectivity index (χ2v) is 8.18. The Kier molecular flexibility index (Phi) is 6.05. The van der Waals surface area contributed by atoms with Gasteiger partial charge in [0.2, 0.25) is 5.91 Å². The molecule has 3 aliphatic rings. The lowest BCUT2D eigenvalue weighted by atomic mass is 9.78. The molecule has 3 fully saturated rings. The Morgan fingerprint density at radius 1 is 1.15 bits per heavy atom. The van der Waals surface area contributed by atoms with E-state index in [1.54, 1.807) is 0 Å². The average molecular weight is 373 g/mol. The third-order valence-corrected chi connectivity index (χ3v) is 6.30. The molecule has 0 aromatic carbocycles. The van der Waals surface area contributed by atoms with Crippen LogP contribution in [0.1, 0.15) is 37.8 Å². The molecule has 1 unspecified atom stereocenters. The van der Waals surface area contributed by atoms with Crippen molar-refractivity contribution in [3.8, 4) is 0 Å². The summed E-state index contributed by atoms with van der Waals surface area (Å²) in [4.78, 5) is 21.5. The second kappa shape index (κ2) is 8.67. The zero-order valence-corrected chi connectivity index (χ0v) is 16.1. The molecule has 148 valence electrons. The van der Waals surface area contributed by atoms with Gasteiger partial charge in [0.05, 0.1) is 24.5 Å². The van der Waals surface area contributed by atoms with Gasteiger partial charge in [0.1, 0.15) is 0 Å². The van der Waals surface area contributed by atoms with Crippen molar-refractivity contribution in [3.05, 3.63) is 30.1 Å². The number of pyridine rings is 1. The first kappa shape index (κ1) is 18.8. The summed E-state index contributed by atoms with van der Waals surface area (Å²) in [5.41, 5.74) is 1.11. The Morgan fingerprint density at radius 3 is 2.70 bits per heavy atom. The minimum absolute atomic E-state index is 0.0190. The van der Waals surface area contributed by atoms with E-state index in [1.165, 1.54) is 0 Å². The lowest BCUT2D eigenvalue weighted by molar-refractivity contribution is -0.145. The number of rotatable bonds is 4. The van der Waals surface area contributed by atoms with Crippen LogP contribution in [0.4, 0.5) is 0 Å². The molecule has 1 aromatic heterocycles. The molecule has 3 saturated heterocycles. The van der Waals surface area contributed by atoms with Crippen molar-refractivity contribution in [2.45, 2.75) is 44.2 Å². The Balaban J connectivity index is 1.27. The van der Waals surface area contributed by atoms with Gasteiger partial charge in [-0.05, 0) is 43.7 Å². The number of morpholine rings is 1. The van der Waals surface area contributed by atoms with Crippen molar-refractivity contribution >= 4 is 5.91 Å². The predicted octanol–water partition coefficient (Wildman–Crippen LogP) is 2.09. The van der Waals surface area contributed by atoms with Crippen LogP contribution in [-0.2, 0) is 20.8 Å². The lowest BCUT2D eigenvalue weighted by Crippen LogP contribution is -2.50. The number of amides is 1. The summed E-state index contributed by atoms with van der Waals surface area (Å²) in [7, 11) is 0. The van der Waals surface area contributed by atoms with Gasteiger partial charge in [0.15, 0.2) is 0 Å². The summed E-state index contributed by atoms with van der Waals surface area (Å²) in [6, 6.07) is 6.10. The quantitative estimate of drug-likeness (QED) is 0.809. The van der Waals surface area contributed by atoms with Crippen LogP contribution in [0.3, 0.4) is 0 Å². The fourth-order valence-electron chi connectivity index (χ4n) is 4.68. The van der Waals surface area contributed by atoms with E-state index in [0.717, 1.165) is 70.7 Å². The molecule has 6 nitrogen and oxygen atoms in total. The minimum atomic E-state index is -0.0190. The van der Waals surface area contributed by atoms with E-state index >= 15 is 0 Å². The van der Waals surface area contributed by atoms with Crippen LogP contribution in [0.25, 0.3) is 0 Å². The van der Waals surface area contributed by atoms with Crippen LogP contribution < -0.4 is 0 Å². The normalized spacial score (nSPS) is 26.2. The SMILES string of the molecule is O=C(CC1CCOC2(CCN(Cc3ccccn3)CC2)C1)N1CCOCC1. The average Bonchev–Trinajstić information content (AvgIpc) is 2.72. The molecule has 1 aromatic rings. The lowest BCUT2D eigenvalue weighted by Gasteiger charge is -2.46. The maximum atomic E-state index is 12.6. The van der Waals surface area contributed by atoms with Gasteiger partial charge in [-0.2, -0.15) is 0 Å². The van der Waals surface area contributed by atoms with Crippen molar-refractivity contribution in [2.24, 2.45) is 5.92 Å². The molecular formula is C21H31N3O3. The maximum absolute atomic E-state index is 12.6. The number of nitrogens with zero attached hydrogens (tertiary/aromatic N) is 3. The van der Waals surface area contributed by atoms with Gasteiger partial charge in [-0.25, -0.2) is 0 Å². The fraction of sp³-hybridized carbons (Fsp3) is 0.714. The van der Waals surface area contributed by atoms with Gasteiger partial charge in [0, 0.05) is 51.9 Å². The molecule has 6 heteroatoms. The van der Waals surface area contributed by atoms with Crippen molar-refractivity contribution in [1.29, 1.82) is 0 Å². The molecular weight excluding hydrogens is 342 g/mol. The van der Waals surface area contributed by atoms with Crippen LogP contribution in [-0.4, -0.2) is 72.3 Å². The van der Waals surface area contributed by atoms with Gasteiger partial charge in [-0.1, -0.05) is 6.07 Å². The van der Waals surface area contributed by atoms with Crippen LogP contribution in [0, 0.1) is 5.92 Å². The van der Waals surface area contributed by atoms with Gasteiger partial charge in [-0.15, -0.1) is 0 Å². The summed E-state index contributed by atoms with van der Waals surface area (Å²) < 4.78 is 11.6. The van der Waals surface area contributed by atoms with E-state index in [9.17, 15) is 4.79 Å². The zero-order chi connectivity index (χ0) is 18.5. The largest absolute Gasteiger partial charge is 0.378 e. The van der Waals surface area contributed by atoms with E-state index < -0.39 is 0 Å². The Hall–Kier alpha value is -1.50. The van der Waals surface area contributed by atoms with Gasteiger partial charge >= 0.3 is 0 Å². The van der Waals surface area contributed by atoms with E-state index in [2.05, 4.69) is 16.0 Å². The first-order valence-electron chi connectivity index (χ1n) is 10.3. The fourth-order valence-corrected chi connectivity index (χ4v) is 4.68. The molecule has 27 heavy (non-hydrogen) atoms. The highest BCUT2D eigenvalue weighted by molar-refractivity contribution is 5.76. The van der Waals surface area contributed by atoms with E-state index in [-0.39, 0.29) is 5.60 Å². The zero-order valence-electron chi connectivity index (χ0n) is 16.1. The summed E-state index contributed by atoms with van der Waals surface area (Å²) >= 11 is 0. The Labute approximate surface area is 161 Å². The predicted molar refractivity (Wildman–Crippen MR) is 102 cm³/mol. The molecule has 0 bridgehead atoms. The van der Waals surface area contributed by atoms with Gasteiger partial charge in [0.25, 0.3) is 0 Å². The van der Waals surface area contributed by atoms with Gasteiger partial charge < -0.3 is 14.4 Å². The molecule has 4 rings (SSSR count). The molecule has 4 heterocycles. The summed E-state index contributed by atoms with van der Waals surface area (Å²) in [6.07, 6.45) is 6.68. The molecule has 0 aliphatic carbocycles. The van der Waals surface area contributed by atoms with Crippen molar-refractivity contribution in [2.75, 3.05) is 46.0 Å². The molecule has 1 amide bonds. The highest BCUT2D eigenvalue weighted by atomic mass is 16.5. The summed E-state index contributed by atoms with van der Waals surface area (Å²) in [5.74, 6) is 0.754. The van der Waals surface area contributed by atoms with E-state index in [0.29, 0.717) is 31.5 Å². The monoisotopic (exact) mass is 373 g/mol. The highest BCUT2D eigenvalue weighted by Gasteiger charge is 2.41. The second-order valence-electron chi connectivity index (χ2n) is 8.18. The highest BCUT2D eigenvalue weighted by Crippen LogP contribution is 2.39. The first-order valence-corrected chi connectivity index (χ1v) is 10.3. The molecule has 0 radical (unpaired) electrons. The molecule has 0 saturated carbocycles. The van der Waals surface area contributed by atoms with Crippen molar-refractivity contribution in [3.63, 3.8) is 0 Å². The first-order chi connectivity index (χ1) is 13.2. The van der Waals surface area contributed by atoms with Crippen LogP contribution in [0.15, 0.2) is 24.4 Å². The van der Waals surface area contributed by atoms with Crippen molar-refractivity contribution < 1.29 is 14.3 Å². The number of aromatic nitrogens is 1. The number of ether oxygens (including phenoxy) is 2. The van der Waals surface area contributed by atoms with Crippen LogP contribution >= 0.6 is 0 Å². The maximum Gasteiger partial charge on any atom is 0.223 e. The minimum Gasteiger partial charge on any atom is -0.378 e. The summed E-state index contributed by atoms with van der Waals surface area (Å²) in [5, 5.41) is 0. The number of carbonyl (C=O) groups is 1. The Morgan fingerprint density at radius 2 is 1.96 bits per heavy atom. The Bertz CT molecular complexity index is 610. The van der Waals surface area contributed by atoms with Crippen LogP contribution in [0.5, 0.6) is 0 Å². The van der Waals surface area contributed by atoms with Crippen LogP contribution in [0.2, 0.25) is 0 Å². The smallest absolute Gasteiger partial charge is 0.223 e. The van der Waals surface area contributed by atoms with Crippen molar-refractivity contribution in [1.82, 2.24) is 14.8 Å². The number of hydrogen-bond donors (Lipinski definition) is 0. The molecule has 0 N–H and O–H groups in total. The number of piperidine rings is 1. The van der Waals surface area contributed by atoms with Gasteiger partial charge in [-0.3, -0.25) is 14.7 Å².